The predicted molar refractivity (Wildman–Crippen MR) is 134 cm³/mol. The molecule has 0 atom stereocenters. The highest BCUT2D eigenvalue weighted by Gasteiger charge is 2.17. The van der Waals surface area contributed by atoms with Crippen molar-refractivity contribution in [1.82, 2.24) is 10.6 Å². The molecule has 2 aliphatic carbocycles. The molecule has 2 rings (SSSR count). The Hall–Kier alpha value is -2.52. The van der Waals surface area contributed by atoms with Crippen LogP contribution >= 0.6 is 0 Å². The molecule has 34 heavy (non-hydrogen) atoms. The highest BCUT2D eigenvalue weighted by Crippen LogP contribution is 2.21. The normalized spacial score (nSPS) is 17.3. The van der Waals surface area contributed by atoms with Crippen LogP contribution in [0.15, 0.2) is 9.98 Å². The summed E-state index contributed by atoms with van der Waals surface area (Å²) in [5, 5.41) is 21.1. The van der Waals surface area contributed by atoms with Gasteiger partial charge in [-0.05, 0) is 79.1 Å². The van der Waals surface area contributed by atoms with Crippen LogP contribution in [0.4, 0.5) is 0 Å². The molecular weight excluding hydrogens is 440 g/mol. The first-order valence-corrected chi connectivity index (χ1v) is 12.7. The Morgan fingerprint density at radius 2 is 1.00 bits per heavy atom. The molecule has 0 saturated heterocycles. The first-order valence-electron chi connectivity index (χ1n) is 12.7. The fourth-order valence-electron chi connectivity index (χ4n) is 3.54. The molecule has 2 aliphatic rings. The minimum Gasteiger partial charge on any atom is -0.473 e. The number of amidine groups is 2. The Kier molecular flexibility index (Phi) is 19.5. The van der Waals surface area contributed by atoms with E-state index in [-0.39, 0.29) is 0 Å². The molecule has 10 nitrogen and oxygen atoms in total. The molecule has 2 saturated carbocycles. The molecule has 0 aromatic carbocycles. The smallest absolute Gasteiger partial charge is 0.414 e. The van der Waals surface area contributed by atoms with Gasteiger partial charge in [0.25, 0.3) is 12.0 Å². The van der Waals surface area contributed by atoms with E-state index in [1.807, 2.05) is 13.8 Å². The van der Waals surface area contributed by atoms with Crippen LogP contribution in [0, 0.1) is 0 Å². The van der Waals surface area contributed by atoms with Gasteiger partial charge in [0, 0.05) is 26.2 Å². The van der Waals surface area contributed by atoms with Crippen LogP contribution in [0.5, 0.6) is 0 Å². The number of nitrogens with one attached hydrogen (secondary N) is 2. The summed E-state index contributed by atoms with van der Waals surface area (Å²) in [5.74, 6) is -3.65. The van der Waals surface area contributed by atoms with E-state index >= 15 is 0 Å². The number of hydrogen-bond donors (Lipinski definition) is 4. The maximum Gasteiger partial charge on any atom is 0.414 e. The fraction of sp³-hybridized carbons (Fsp3) is 0.833. The zero-order chi connectivity index (χ0) is 25.6. The number of aliphatic carboxylic acids is 2. The Morgan fingerprint density at radius 1 is 0.676 bits per heavy atom. The number of aliphatic imine (C=N–C) groups is 2. The second-order valence-electron chi connectivity index (χ2n) is 7.99. The van der Waals surface area contributed by atoms with E-state index in [1.165, 1.54) is 64.2 Å². The molecule has 0 amide bonds. The van der Waals surface area contributed by atoms with Crippen molar-refractivity contribution in [3.8, 4) is 0 Å². The lowest BCUT2D eigenvalue weighted by Crippen LogP contribution is -2.31. The van der Waals surface area contributed by atoms with Crippen LogP contribution < -0.4 is 10.6 Å². The standard InChI is InChI=1S/2C11H22N2O.C2H2O4/c2*1-3-12-11(13-4-2)14-10-8-6-5-7-9-10;3-1(4)2(5)6/h2*10H,3-9H2,1-2H3,(H,12,13);(H,3,4)(H,5,6). The van der Waals surface area contributed by atoms with Crippen LogP contribution in [-0.2, 0) is 19.1 Å². The average Bonchev–Trinajstić information content (AvgIpc) is 2.82. The van der Waals surface area contributed by atoms with Crippen LogP contribution in [0.2, 0.25) is 0 Å². The lowest BCUT2D eigenvalue weighted by molar-refractivity contribution is -0.159. The van der Waals surface area contributed by atoms with Crippen molar-refractivity contribution < 1.29 is 29.3 Å². The zero-order valence-corrected chi connectivity index (χ0v) is 21.5. The summed E-state index contributed by atoms with van der Waals surface area (Å²) >= 11 is 0. The van der Waals surface area contributed by atoms with E-state index in [1.54, 1.807) is 0 Å². The first-order chi connectivity index (χ1) is 16.4. The minimum atomic E-state index is -1.82. The summed E-state index contributed by atoms with van der Waals surface area (Å²) in [4.78, 5) is 26.8. The number of nitrogens with zero attached hydrogens (tertiary/aromatic N) is 2. The van der Waals surface area contributed by atoms with Gasteiger partial charge in [-0.2, -0.15) is 0 Å². The maximum atomic E-state index is 9.10. The van der Waals surface area contributed by atoms with Gasteiger partial charge in [0.15, 0.2) is 0 Å². The molecule has 2 fully saturated rings. The van der Waals surface area contributed by atoms with E-state index in [9.17, 15) is 0 Å². The Labute approximate surface area is 204 Å². The third kappa shape index (κ3) is 17.0. The highest BCUT2D eigenvalue weighted by atomic mass is 16.5. The monoisotopic (exact) mass is 486 g/mol. The molecule has 4 N–H and O–H groups in total. The molecule has 0 aliphatic heterocycles. The summed E-state index contributed by atoms with van der Waals surface area (Å²) in [6.07, 6.45) is 13.5. The molecule has 0 aromatic rings. The van der Waals surface area contributed by atoms with Gasteiger partial charge < -0.3 is 30.3 Å². The topological polar surface area (TPSA) is 142 Å². The molecule has 0 bridgehead atoms. The van der Waals surface area contributed by atoms with Crippen LogP contribution in [0.25, 0.3) is 0 Å². The predicted octanol–water partition coefficient (Wildman–Crippen LogP) is 3.80. The van der Waals surface area contributed by atoms with Gasteiger partial charge in [0.2, 0.25) is 0 Å². The molecule has 198 valence electrons. The highest BCUT2D eigenvalue weighted by molar-refractivity contribution is 6.27. The van der Waals surface area contributed by atoms with E-state index in [0.717, 1.165) is 38.2 Å². The summed E-state index contributed by atoms with van der Waals surface area (Å²) < 4.78 is 11.6. The molecule has 0 heterocycles. The van der Waals surface area contributed by atoms with Crippen molar-refractivity contribution in [1.29, 1.82) is 0 Å². The Bertz CT molecular complexity index is 548. The Morgan fingerprint density at radius 3 is 1.24 bits per heavy atom. The lowest BCUT2D eigenvalue weighted by atomic mass is 9.98. The second-order valence-corrected chi connectivity index (χ2v) is 7.99. The molecular formula is C24H46N4O6. The largest absolute Gasteiger partial charge is 0.473 e. The summed E-state index contributed by atoms with van der Waals surface area (Å²) in [5.41, 5.74) is 0. The lowest BCUT2D eigenvalue weighted by Gasteiger charge is -2.23. The van der Waals surface area contributed by atoms with Crippen LogP contribution in [0.3, 0.4) is 0 Å². The number of carboxylic acids is 2. The molecule has 0 spiro atoms. The van der Waals surface area contributed by atoms with E-state index < -0.39 is 11.9 Å². The SMILES string of the molecule is CCN=C(NCC)OC1CCCCC1.CCN=C(NCC)OC1CCCCC1.O=C(O)C(=O)O. The number of rotatable bonds is 6. The summed E-state index contributed by atoms with van der Waals surface area (Å²) in [6, 6.07) is 1.48. The second kappa shape index (κ2) is 21.0. The Balaban J connectivity index is 0.000000521. The maximum absolute atomic E-state index is 9.10. The van der Waals surface area contributed by atoms with Gasteiger partial charge in [-0.1, -0.05) is 12.8 Å². The number of ether oxygens (including phenoxy) is 2. The molecule has 0 aromatic heterocycles. The third-order valence-electron chi connectivity index (χ3n) is 5.10. The van der Waals surface area contributed by atoms with Gasteiger partial charge in [0.1, 0.15) is 12.2 Å². The third-order valence-corrected chi connectivity index (χ3v) is 5.10. The minimum absolute atomic E-state index is 0.396. The summed E-state index contributed by atoms with van der Waals surface area (Å²) in [7, 11) is 0. The quantitative estimate of drug-likeness (QED) is 0.252. The van der Waals surface area contributed by atoms with Crippen molar-refractivity contribution in [2.45, 2.75) is 104 Å². The number of hydrogen-bond acceptors (Lipinski definition) is 6. The first kappa shape index (κ1) is 31.5. The number of carbonyl (C=O) groups is 2. The van der Waals surface area contributed by atoms with Gasteiger partial charge in [-0.3, -0.25) is 0 Å². The van der Waals surface area contributed by atoms with Crippen LogP contribution in [0.1, 0.15) is 91.9 Å². The molecule has 0 radical (unpaired) electrons. The van der Waals surface area contributed by atoms with E-state index in [2.05, 4.69) is 34.5 Å². The van der Waals surface area contributed by atoms with Crippen molar-refractivity contribution in [3.63, 3.8) is 0 Å². The van der Waals surface area contributed by atoms with Crippen molar-refractivity contribution in [2.24, 2.45) is 9.98 Å². The van der Waals surface area contributed by atoms with Crippen molar-refractivity contribution in [2.75, 3.05) is 26.2 Å². The van der Waals surface area contributed by atoms with Crippen molar-refractivity contribution in [3.05, 3.63) is 0 Å². The van der Waals surface area contributed by atoms with E-state index in [4.69, 9.17) is 29.3 Å². The van der Waals surface area contributed by atoms with Gasteiger partial charge >= 0.3 is 11.9 Å². The van der Waals surface area contributed by atoms with Crippen LogP contribution in [-0.4, -0.2) is 72.6 Å². The summed E-state index contributed by atoms with van der Waals surface area (Å²) in [6.45, 7) is 11.5. The molecule has 0 unspecified atom stereocenters. The van der Waals surface area contributed by atoms with Crippen molar-refractivity contribution >= 4 is 24.0 Å². The van der Waals surface area contributed by atoms with Gasteiger partial charge in [-0.25, -0.2) is 19.6 Å². The number of carboxylic acid groups (broad SMARTS) is 2. The zero-order valence-electron chi connectivity index (χ0n) is 21.5. The van der Waals surface area contributed by atoms with Gasteiger partial charge in [0.05, 0.1) is 0 Å². The van der Waals surface area contributed by atoms with E-state index in [0.29, 0.717) is 12.2 Å². The average molecular weight is 487 g/mol. The molecule has 10 heteroatoms. The van der Waals surface area contributed by atoms with Gasteiger partial charge in [-0.15, -0.1) is 0 Å². The fourth-order valence-corrected chi connectivity index (χ4v) is 3.54.